The molecule has 0 saturated carbocycles. The minimum Gasteiger partial charge on any atom is -0.458 e. The number of rotatable bonds is 15. The van der Waals surface area contributed by atoms with E-state index >= 15 is 4.79 Å². The average molecular weight is 975 g/mol. The third-order valence-electron chi connectivity index (χ3n) is 15.2. The highest BCUT2D eigenvalue weighted by atomic mass is 32.1. The first-order valence-corrected chi connectivity index (χ1v) is 27.5. The van der Waals surface area contributed by atoms with Crippen LogP contribution in [0.4, 0.5) is 0 Å². The van der Waals surface area contributed by atoms with Gasteiger partial charge < -0.3 is 48.7 Å². The smallest absolute Gasteiger partial charge is 0.317 e. The number of nitrogens with zero attached hydrogens (tertiary/aromatic N) is 5. The lowest BCUT2D eigenvalue weighted by molar-refractivity contribution is -0.298. The van der Waals surface area contributed by atoms with Gasteiger partial charge in [0.25, 0.3) is 0 Å². The summed E-state index contributed by atoms with van der Waals surface area (Å²) in [4.78, 5) is 55.9. The molecule has 5 rings (SSSR count). The number of pyridine rings is 1. The first-order chi connectivity index (χ1) is 31.5. The number of Topliss-reactive ketones (excluding diaryl/α,β-unsaturated/α-hetero) is 1. The van der Waals surface area contributed by atoms with Crippen LogP contribution in [-0.4, -0.2) is 132 Å². The maximum Gasteiger partial charge on any atom is 0.317 e. The molecular weight excluding hydrogens is 897 g/mol. The summed E-state index contributed by atoms with van der Waals surface area (Å²) in [5.74, 6) is -7.49. The lowest BCUT2D eigenvalue weighted by Crippen LogP contribution is -2.62. The molecule has 0 aromatic carbocycles. The van der Waals surface area contributed by atoms with Gasteiger partial charge in [-0.1, -0.05) is 71.0 Å². The van der Waals surface area contributed by atoms with E-state index < -0.39 is 104 Å². The molecule has 3 aliphatic heterocycles. The van der Waals surface area contributed by atoms with E-state index in [4.69, 9.17) is 38.7 Å². The summed E-state index contributed by atoms with van der Waals surface area (Å²) in [6.07, 6.45) is -2.78. The van der Waals surface area contributed by atoms with E-state index in [0.29, 0.717) is 15.7 Å². The summed E-state index contributed by atoms with van der Waals surface area (Å²) in [5.41, 5.74) is 4.57. The summed E-state index contributed by atoms with van der Waals surface area (Å²) in [6, 6.07) is 8.20. The molecule has 5 heterocycles. The van der Waals surface area contributed by atoms with Crippen LogP contribution in [-0.2, 0) is 47.3 Å². The molecule has 0 amide bonds. The van der Waals surface area contributed by atoms with Gasteiger partial charge in [0.1, 0.15) is 29.6 Å². The van der Waals surface area contributed by atoms with Gasteiger partial charge in [-0.25, -0.2) is 0 Å². The lowest BCUT2D eigenvalue weighted by Gasteiger charge is -2.50. The molecular formula is C48H78N6O11SSi. The fraction of sp³-hybridized carbons (Fsp3) is 0.771. The van der Waals surface area contributed by atoms with Crippen LogP contribution in [0.5, 0.6) is 0 Å². The number of carbonyl (C=O) groups is 3. The number of hydrogen-bond acceptors (Lipinski definition) is 17. The highest BCUT2D eigenvalue weighted by Gasteiger charge is 2.63. The molecule has 0 radical (unpaired) electrons. The Morgan fingerprint density at radius 3 is 2.28 bits per heavy atom. The molecule has 3 saturated heterocycles. The van der Waals surface area contributed by atoms with Gasteiger partial charge in [0.05, 0.1) is 29.8 Å². The second-order valence-corrected chi connectivity index (χ2v) is 25.5. The van der Waals surface area contributed by atoms with Gasteiger partial charge in [-0.15, -0.1) is 10.2 Å². The number of esters is 2. The van der Waals surface area contributed by atoms with Crippen molar-refractivity contribution in [1.29, 1.82) is 0 Å². The Morgan fingerprint density at radius 2 is 1.70 bits per heavy atom. The van der Waals surface area contributed by atoms with Crippen molar-refractivity contribution in [3.05, 3.63) is 29.4 Å². The first-order valence-electron chi connectivity index (χ1n) is 24.1. The summed E-state index contributed by atoms with van der Waals surface area (Å²) in [7, 11) is 3.40. The van der Waals surface area contributed by atoms with E-state index in [9.17, 15) is 14.7 Å². The molecule has 3 aliphatic rings. The number of oxime groups is 1. The van der Waals surface area contributed by atoms with E-state index in [1.54, 1.807) is 47.9 Å². The number of amidine groups is 1. The zero-order chi connectivity index (χ0) is 49.8. The Kier molecular flexibility index (Phi) is 18.3. The van der Waals surface area contributed by atoms with Crippen LogP contribution in [0, 0.1) is 35.5 Å². The Hall–Kier alpha value is -3.43. The van der Waals surface area contributed by atoms with E-state index in [1.165, 1.54) is 11.3 Å². The van der Waals surface area contributed by atoms with Crippen molar-refractivity contribution < 1.29 is 52.4 Å². The van der Waals surface area contributed by atoms with Gasteiger partial charge in [-0.2, -0.15) is 0 Å². The SMILES string of the molecule is CC[C@@H]1OC(=O)[C@H](C)[C@H](O)[C@H](C)[C@@H](O[C@@H]2O[C@H](C)C[C@H](N(C)C)[C@H]2O[Si](CC)(CC)CC)[C@](C)(OC)C[C@@H](C)C(=O)[C@H](C)[C@H]2[C@H](/C(N)=N/O[C@@H](C)c3nnc(-c4ccccn4)s3)C(=O)O[C@@]21C. The number of aliphatic hydroxyl groups excluding tert-OH is 1. The van der Waals surface area contributed by atoms with Gasteiger partial charge in [-0.3, -0.25) is 19.4 Å². The number of cyclic esters (lactones) is 1. The van der Waals surface area contributed by atoms with Crippen molar-refractivity contribution >= 4 is 43.2 Å². The molecule has 16 atom stereocenters. The Morgan fingerprint density at radius 1 is 1.03 bits per heavy atom. The van der Waals surface area contributed by atoms with Crippen molar-refractivity contribution in [3.63, 3.8) is 0 Å². The minimum atomic E-state index is -2.22. The van der Waals surface area contributed by atoms with Crippen molar-refractivity contribution in [2.24, 2.45) is 46.4 Å². The number of fused-ring (bicyclic) bond motifs is 1. The van der Waals surface area contributed by atoms with Gasteiger partial charge in [0, 0.05) is 43.0 Å². The second-order valence-electron chi connectivity index (χ2n) is 19.8. The van der Waals surface area contributed by atoms with E-state index in [2.05, 4.69) is 46.0 Å². The normalized spacial score (nSPS) is 36.5. The van der Waals surface area contributed by atoms with Gasteiger partial charge >= 0.3 is 11.9 Å². The number of aromatic nitrogens is 3. The van der Waals surface area contributed by atoms with Crippen molar-refractivity contribution in [2.75, 3.05) is 21.2 Å². The highest BCUT2D eigenvalue weighted by molar-refractivity contribution is 7.14. The number of likely N-dealkylation sites (N-methyl/N-ethyl adjacent to an activating group) is 1. The number of hydrogen-bond donors (Lipinski definition) is 2. The van der Waals surface area contributed by atoms with Crippen LogP contribution in [0.25, 0.3) is 10.7 Å². The van der Waals surface area contributed by atoms with E-state index in [0.717, 1.165) is 24.6 Å². The maximum atomic E-state index is 15.1. The maximum absolute atomic E-state index is 15.1. The molecule has 19 heteroatoms. The molecule has 376 valence electrons. The topological polar surface area (TPSA) is 216 Å². The Labute approximate surface area is 402 Å². The number of ether oxygens (including phenoxy) is 5. The predicted octanol–water partition coefficient (Wildman–Crippen LogP) is 6.94. The quantitative estimate of drug-likeness (QED) is 0.0607. The molecule has 3 fully saturated rings. The summed E-state index contributed by atoms with van der Waals surface area (Å²) < 4.78 is 40.0. The lowest BCUT2D eigenvalue weighted by atomic mass is 9.67. The van der Waals surface area contributed by atoms with Gasteiger partial charge in [0.2, 0.25) is 0 Å². The van der Waals surface area contributed by atoms with Gasteiger partial charge in [0.15, 0.2) is 42.2 Å². The first kappa shape index (κ1) is 54.5. The number of carbonyl (C=O) groups excluding carboxylic acids is 3. The molecule has 0 bridgehead atoms. The average Bonchev–Trinajstić information content (AvgIpc) is 3.92. The zero-order valence-electron chi connectivity index (χ0n) is 42.4. The van der Waals surface area contributed by atoms with Crippen molar-refractivity contribution in [2.45, 2.75) is 181 Å². The number of ketones is 1. The largest absolute Gasteiger partial charge is 0.458 e. The number of nitrogens with two attached hydrogens (primary N) is 1. The molecule has 2 aromatic rings. The minimum absolute atomic E-state index is 0.0448. The van der Waals surface area contributed by atoms with Crippen LogP contribution < -0.4 is 5.73 Å². The van der Waals surface area contributed by atoms with Crippen molar-refractivity contribution in [3.8, 4) is 10.7 Å². The molecule has 3 N–H and O–H groups in total. The van der Waals surface area contributed by atoms with Crippen molar-refractivity contribution in [1.82, 2.24) is 20.1 Å². The molecule has 67 heavy (non-hydrogen) atoms. The summed E-state index contributed by atoms with van der Waals surface area (Å²) in [6.45, 7) is 22.6. The van der Waals surface area contributed by atoms with E-state index in [1.807, 2.05) is 60.0 Å². The third kappa shape index (κ3) is 11.5. The molecule has 17 nitrogen and oxygen atoms in total. The Bertz CT molecular complexity index is 2000. The van der Waals surface area contributed by atoms with Crippen LogP contribution in [0.3, 0.4) is 0 Å². The number of methoxy groups -OCH3 is 1. The van der Waals surface area contributed by atoms with Crippen LogP contribution in [0.1, 0.15) is 113 Å². The number of aliphatic hydroxyl groups is 1. The van der Waals surface area contributed by atoms with Crippen LogP contribution in [0.2, 0.25) is 18.1 Å². The molecule has 0 aliphatic carbocycles. The van der Waals surface area contributed by atoms with Crippen LogP contribution >= 0.6 is 11.3 Å². The Balaban J connectivity index is 1.54. The third-order valence-corrected chi connectivity index (χ3v) is 20.9. The zero-order valence-corrected chi connectivity index (χ0v) is 44.2. The summed E-state index contributed by atoms with van der Waals surface area (Å²) >= 11 is 1.28. The van der Waals surface area contributed by atoms with Crippen LogP contribution in [0.15, 0.2) is 29.6 Å². The standard InChI is InChI=1S/C48H78N6O11SSi/c1-16-34-48(12)36(35(45(58)63-48)41(49)53-64-31(10)42-51-52-43(66-42)32-22-20-21-23-50-32)28(7)37(55)26(5)25-47(11,59-15)40(29(8)38(56)30(9)44(57)61-34)62-46-39(65-67(17-2,18-3)19-4)33(54(13)14)24-27(6)60-46/h20-23,26-31,33-36,38-40,46,56H,16-19,24-25H2,1-15H3,(H2,49,53)/t26-,27-,28-,29+,30-,31+,33+,34+,35-,36+,38-,39-,40-,46+,47-,48-/m1/s1. The fourth-order valence-electron chi connectivity index (χ4n) is 10.7. The van der Waals surface area contributed by atoms with Gasteiger partial charge in [-0.05, 0) is 98.2 Å². The monoisotopic (exact) mass is 975 g/mol. The molecule has 2 aromatic heterocycles. The molecule has 0 unspecified atom stereocenters. The second kappa shape index (κ2) is 22.5. The molecule has 0 spiro atoms. The predicted molar refractivity (Wildman–Crippen MR) is 257 cm³/mol. The highest BCUT2D eigenvalue weighted by Crippen LogP contribution is 2.48. The fourth-order valence-corrected chi connectivity index (χ4v) is 14.4. The van der Waals surface area contributed by atoms with E-state index in [-0.39, 0.29) is 36.6 Å². The summed E-state index contributed by atoms with van der Waals surface area (Å²) in [5, 5.41) is 26.1.